The summed E-state index contributed by atoms with van der Waals surface area (Å²) in [7, 11) is 0. The van der Waals surface area contributed by atoms with Gasteiger partial charge in [-0.15, -0.1) is 11.3 Å². The van der Waals surface area contributed by atoms with Crippen molar-refractivity contribution in [1.82, 2.24) is 9.80 Å². The molecule has 0 N–H and O–H groups in total. The summed E-state index contributed by atoms with van der Waals surface area (Å²) in [4.78, 5) is 29.4. The van der Waals surface area contributed by atoms with Gasteiger partial charge in [-0.05, 0) is 29.5 Å². The van der Waals surface area contributed by atoms with Gasteiger partial charge in [-0.2, -0.15) is 0 Å². The quantitative estimate of drug-likeness (QED) is 0.840. The van der Waals surface area contributed by atoms with Crippen molar-refractivity contribution in [2.24, 2.45) is 0 Å². The van der Waals surface area contributed by atoms with Crippen LogP contribution in [0.4, 0.5) is 0 Å². The molecule has 2 aromatic rings. The first-order valence-corrected chi connectivity index (χ1v) is 9.25. The van der Waals surface area contributed by atoms with E-state index in [1.54, 1.807) is 6.07 Å². The summed E-state index contributed by atoms with van der Waals surface area (Å²) in [5.41, 5.74) is 0.847. The van der Waals surface area contributed by atoms with Crippen LogP contribution in [-0.2, 0) is 11.2 Å². The molecular formula is C18H19ClN2O2S. The van der Waals surface area contributed by atoms with Crippen LogP contribution in [0.5, 0.6) is 0 Å². The van der Waals surface area contributed by atoms with Crippen LogP contribution in [-0.4, -0.2) is 47.8 Å². The molecular weight excluding hydrogens is 344 g/mol. The van der Waals surface area contributed by atoms with Gasteiger partial charge in [-0.1, -0.05) is 35.9 Å². The fourth-order valence-corrected chi connectivity index (χ4v) is 3.74. The maximum atomic E-state index is 12.5. The van der Waals surface area contributed by atoms with Crippen molar-refractivity contribution < 1.29 is 9.59 Å². The Balaban J connectivity index is 1.60. The van der Waals surface area contributed by atoms with Gasteiger partial charge in [0, 0.05) is 31.2 Å². The summed E-state index contributed by atoms with van der Waals surface area (Å²) in [6, 6.07) is 11.2. The Kier molecular flexibility index (Phi) is 5.53. The molecule has 0 spiro atoms. The Labute approximate surface area is 150 Å². The maximum Gasteiger partial charge on any atom is 0.263 e. The summed E-state index contributed by atoms with van der Waals surface area (Å²) < 4.78 is 0. The van der Waals surface area contributed by atoms with Crippen molar-refractivity contribution in [3.05, 3.63) is 57.2 Å². The zero-order valence-corrected chi connectivity index (χ0v) is 14.9. The smallest absolute Gasteiger partial charge is 0.263 e. The Morgan fingerprint density at radius 3 is 2.50 bits per heavy atom. The first-order chi connectivity index (χ1) is 11.6. The summed E-state index contributed by atoms with van der Waals surface area (Å²) in [6.45, 7) is 2.51. The van der Waals surface area contributed by atoms with Crippen molar-refractivity contribution in [2.45, 2.75) is 12.8 Å². The highest BCUT2D eigenvalue weighted by atomic mass is 35.5. The lowest BCUT2D eigenvalue weighted by atomic mass is 10.1. The molecule has 2 amide bonds. The zero-order valence-electron chi connectivity index (χ0n) is 13.3. The monoisotopic (exact) mass is 362 g/mol. The fourth-order valence-electron chi connectivity index (χ4n) is 2.84. The fraction of sp³-hybridized carbons (Fsp3) is 0.333. The van der Waals surface area contributed by atoms with Crippen LogP contribution < -0.4 is 0 Å². The van der Waals surface area contributed by atoms with Crippen LogP contribution in [0, 0.1) is 0 Å². The van der Waals surface area contributed by atoms with Crippen LogP contribution in [0.1, 0.15) is 21.7 Å². The molecule has 1 aliphatic heterocycles. The van der Waals surface area contributed by atoms with Crippen LogP contribution in [0.25, 0.3) is 0 Å². The number of halogens is 1. The van der Waals surface area contributed by atoms with E-state index in [9.17, 15) is 9.59 Å². The normalized spacial score (nSPS) is 15.2. The van der Waals surface area contributed by atoms with Gasteiger partial charge < -0.3 is 9.80 Å². The molecule has 0 atom stereocenters. The third-order valence-corrected chi connectivity index (χ3v) is 5.39. The van der Waals surface area contributed by atoms with Crippen LogP contribution in [0.2, 0.25) is 5.02 Å². The third kappa shape index (κ3) is 3.97. The van der Waals surface area contributed by atoms with Gasteiger partial charge in [-0.25, -0.2) is 0 Å². The minimum Gasteiger partial charge on any atom is -0.341 e. The first-order valence-electron chi connectivity index (χ1n) is 7.99. The number of carbonyl (C=O) groups is 2. The van der Waals surface area contributed by atoms with Gasteiger partial charge in [0.2, 0.25) is 5.91 Å². The number of hydrogen-bond acceptors (Lipinski definition) is 3. The highest BCUT2D eigenvalue weighted by molar-refractivity contribution is 7.12. The van der Waals surface area contributed by atoms with Crippen LogP contribution in [0.3, 0.4) is 0 Å². The summed E-state index contributed by atoms with van der Waals surface area (Å²) >= 11 is 7.59. The number of hydrogen-bond donors (Lipinski definition) is 0. The maximum absolute atomic E-state index is 12.5. The average molecular weight is 363 g/mol. The molecule has 1 aromatic heterocycles. The Bertz CT molecular complexity index is 718. The molecule has 1 fully saturated rings. The molecule has 1 aliphatic rings. The summed E-state index contributed by atoms with van der Waals surface area (Å²) in [5, 5.41) is 2.53. The molecule has 0 unspecified atom stereocenters. The van der Waals surface area contributed by atoms with Crippen molar-refractivity contribution in [3.63, 3.8) is 0 Å². The first kappa shape index (κ1) is 17.0. The number of thiophene rings is 1. The highest BCUT2D eigenvalue weighted by Crippen LogP contribution is 2.18. The summed E-state index contributed by atoms with van der Waals surface area (Å²) in [6.07, 6.45) is 1.10. The van der Waals surface area contributed by atoms with E-state index in [2.05, 4.69) is 0 Å². The number of rotatable bonds is 3. The third-order valence-electron chi connectivity index (χ3n) is 4.17. The second-order valence-corrected chi connectivity index (χ2v) is 7.13. The van der Waals surface area contributed by atoms with E-state index >= 15 is 0 Å². The lowest BCUT2D eigenvalue weighted by molar-refractivity contribution is -0.130. The lowest BCUT2D eigenvalue weighted by Crippen LogP contribution is -2.37. The van der Waals surface area contributed by atoms with E-state index in [4.69, 9.17) is 11.6 Å². The van der Waals surface area contributed by atoms with Crippen LogP contribution in [0.15, 0.2) is 41.8 Å². The topological polar surface area (TPSA) is 40.6 Å². The number of benzene rings is 1. The summed E-state index contributed by atoms with van der Waals surface area (Å²) in [5.74, 6) is 0.124. The minimum absolute atomic E-state index is 0.0606. The Morgan fingerprint density at radius 1 is 1.00 bits per heavy atom. The molecule has 2 heterocycles. The highest BCUT2D eigenvalue weighted by Gasteiger charge is 2.23. The predicted molar refractivity (Wildman–Crippen MR) is 96.6 cm³/mol. The van der Waals surface area contributed by atoms with Gasteiger partial charge in [-0.3, -0.25) is 9.59 Å². The SMILES string of the molecule is O=C(Cc1ccccc1Cl)N1CCCN(C(=O)c2cccs2)CC1. The van der Waals surface area contributed by atoms with E-state index in [0.717, 1.165) is 16.9 Å². The van der Waals surface area contributed by atoms with Gasteiger partial charge in [0.25, 0.3) is 5.91 Å². The molecule has 0 saturated carbocycles. The van der Waals surface area contributed by atoms with E-state index in [0.29, 0.717) is 37.6 Å². The Hall–Kier alpha value is -1.85. The minimum atomic E-state index is 0.0606. The van der Waals surface area contributed by atoms with Crippen molar-refractivity contribution in [3.8, 4) is 0 Å². The van der Waals surface area contributed by atoms with Crippen molar-refractivity contribution >= 4 is 34.8 Å². The van der Waals surface area contributed by atoms with E-state index in [-0.39, 0.29) is 11.8 Å². The molecule has 6 heteroatoms. The molecule has 0 radical (unpaired) electrons. The molecule has 1 saturated heterocycles. The number of nitrogens with zero attached hydrogens (tertiary/aromatic N) is 2. The molecule has 0 bridgehead atoms. The average Bonchev–Trinajstić information content (AvgIpc) is 3.00. The van der Waals surface area contributed by atoms with E-state index in [1.807, 2.05) is 45.5 Å². The lowest BCUT2D eigenvalue weighted by Gasteiger charge is -2.22. The molecule has 3 rings (SSSR count). The van der Waals surface area contributed by atoms with Gasteiger partial charge in [0.05, 0.1) is 11.3 Å². The second-order valence-electron chi connectivity index (χ2n) is 5.77. The van der Waals surface area contributed by atoms with Gasteiger partial charge in [0.1, 0.15) is 0 Å². The largest absolute Gasteiger partial charge is 0.341 e. The van der Waals surface area contributed by atoms with Crippen molar-refractivity contribution in [2.75, 3.05) is 26.2 Å². The predicted octanol–water partition coefficient (Wildman–Crippen LogP) is 3.32. The number of carbonyl (C=O) groups excluding carboxylic acids is 2. The van der Waals surface area contributed by atoms with Crippen molar-refractivity contribution in [1.29, 1.82) is 0 Å². The second kappa shape index (κ2) is 7.81. The molecule has 24 heavy (non-hydrogen) atoms. The van der Waals surface area contributed by atoms with Gasteiger partial charge >= 0.3 is 0 Å². The molecule has 4 nitrogen and oxygen atoms in total. The molecule has 0 aliphatic carbocycles. The Morgan fingerprint density at radius 2 is 1.75 bits per heavy atom. The standard InChI is InChI=1S/C18H19ClN2O2S/c19-15-6-2-1-5-14(15)13-17(22)20-8-4-9-21(11-10-20)18(23)16-7-3-12-24-16/h1-3,5-7,12H,4,8-11,13H2. The number of amides is 2. The van der Waals surface area contributed by atoms with E-state index < -0.39 is 0 Å². The van der Waals surface area contributed by atoms with Crippen LogP contribution >= 0.6 is 22.9 Å². The molecule has 1 aromatic carbocycles. The van der Waals surface area contributed by atoms with Gasteiger partial charge in [0.15, 0.2) is 0 Å². The molecule has 126 valence electrons. The van der Waals surface area contributed by atoms with E-state index in [1.165, 1.54) is 11.3 Å². The zero-order chi connectivity index (χ0) is 16.9.